The van der Waals surface area contributed by atoms with Crippen LogP contribution in [0.15, 0.2) is 72.0 Å². The highest BCUT2D eigenvalue weighted by Gasteiger charge is 2.12. The second-order valence-corrected chi connectivity index (χ2v) is 7.35. The number of carbonyl (C=O) groups excluding carboxylic acids is 1. The summed E-state index contributed by atoms with van der Waals surface area (Å²) in [7, 11) is 0. The first kappa shape index (κ1) is 20.0. The van der Waals surface area contributed by atoms with Crippen molar-refractivity contribution in [1.29, 1.82) is 0 Å². The third-order valence-corrected chi connectivity index (χ3v) is 5.26. The van der Waals surface area contributed by atoms with Crippen molar-refractivity contribution in [3.8, 4) is 0 Å². The summed E-state index contributed by atoms with van der Waals surface area (Å²) in [4.78, 5) is 21.1. The Morgan fingerprint density at radius 2 is 1.79 bits per heavy atom. The molecule has 0 spiro atoms. The number of amides is 1. The zero-order chi connectivity index (χ0) is 19.6. The van der Waals surface area contributed by atoms with Crippen LogP contribution in [0.2, 0.25) is 0 Å². The van der Waals surface area contributed by atoms with Gasteiger partial charge in [-0.05, 0) is 60.6 Å². The highest BCUT2D eigenvalue weighted by Crippen LogP contribution is 2.21. The number of pyridine rings is 2. The van der Waals surface area contributed by atoms with Gasteiger partial charge >= 0.3 is 0 Å². The summed E-state index contributed by atoms with van der Waals surface area (Å²) in [5.74, 6) is 0.498. The standard InChI is InChI=1S/C22H22FN3OS/c23-18-10-8-17(9-11-18)5-4-16-28-22-20(7-3-14-26-22)21(27)25-15-12-19-6-1-2-13-24-19/h1-3,6-11,13-14H,4-5,12,15-16H2,(H,25,27). The fraction of sp³-hybridized carbons (Fsp3) is 0.227. The number of aryl methyl sites for hydroxylation is 1. The Labute approximate surface area is 168 Å². The molecule has 3 rings (SSSR count). The van der Waals surface area contributed by atoms with Crippen LogP contribution in [0.5, 0.6) is 0 Å². The fourth-order valence-electron chi connectivity index (χ4n) is 2.72. The molecule has 1 amide bonds. The zero-order valence-electron chi connectivity index (χ0n) is 15.5. The number of benzene rings is 1. The molecular weight excluding hydrogens is 373 g/mol. The van der Waals surface area contributed by atoms with Gasteiger partial charge in [-0.1, -0.05) is 18.2 Å². The van der Waals surface area contributed by atoms with Crippen LogP contribution >= 0.6 is 11.8 Å². The van der Waals surface area contributed by atoms with Crippen LogP contribution in [0.25, 0.3) is 0 Å². The van der Waals surface area contributed by atoms with E-state index < -0.39 is 0 Å². The van der Waals surface area contributed by atoms with E-state index in [0.717, 1.165) is 34.9 Å². The molecular formula is C22H22FN3OS. The van der Waals surface area contributed by atoms with Gasteiger partial charge in [0.25, 0.3) is 5.91 Å². The second kappa shape index (κ2) is 10.6. The minimum atomic E-state index is -0.217. The molecule has 1 aromatic carbocycles. The first-order valence-electron chi connectivity index (χ1n) is 9.23. The summed E-state index contributed by atoms with van der Waals surface area (Å²) in [6, 6.07) is 15.9. The van der Waals surface area contributed by atoms with Crippen LogP contribution in [0, 0.1) is 5.82 Å². The van der Waals surface area contributed by atoms with Crippen LogP contribution < -0.4 is 5.32 Å². The third-order valence-electron chi connectivity index (χ3n) is 4.17. The predicted octanol–water partition coefficient (Wildman–Crippen LogP) is 4.31. The van der Waals surface area contributed by atoms with Crippen molar-refractivity contribution >= 4 is 17.7 Å². The Morgan fingerprint density at radius 1 is 0.964 bits per heavy atom. The van der Waals surface area contributed by atoms with Crippen LogP contribution in [-0.2, 0) is 12.8 Å². The summed E-state index contributed by atoms with van der Waals surface area (Å²) in [6.07, 6.45) is 5.93. The molecule has 0 saturated heterocycles. The Morgan fingerprint density at radius 3 is 2.57 bits per heavy atom. The average molecular weight is 396 g/mol. The molecule has 3 aromatic rings. The Balaban J connectivity index is 1.47. The van der Waals surface area contributed by atoms with Gasteiger partial charge in [0.1, 0.15) is 10.8 Å². The van der Waals surface area contributed by atoms with Gasteiger partial charge in [0.2, 0.25) is 0 Å². The molecule has 0 atom stereocenters. The number of nitrogens with zero attached hydrogens (tertiary/aromatic N) is 2. The zero-order valence-corrected chi connectivity index (χ0v) is 16.3. The lowest BCUT2D eigenvalue weighted by Gasteiger charge is -2.09. The molecule has 0 unspecified atom stereocenters. The van der Waals surface area contributed by atoms with Crippen molar-refractivity contribution in [1.82, 2.24) is 15.3 Å². The summed E-state index contributed by atoms with van der Waals surface area (Å²) >= 11 is 1.57. The van der Waals surface area contributed by atoms with Crippen molar-refractivity contribution in [2.45, 2.75) is 24.3 Å². The predicted molar refractivity (Wildman–Crippen MR) is 110 cm³/mol. The van der Waals surface area contributed by atoms with E-state index in [4.69, 9.17) is 0 Å². The van der Waals surface area contributed by atoms with Gasteiger partial charge in [-0.3, -0.25) is 9.78 Å². The van der Waals surface area contributed by atoms with E-state index in [-0.39, 0.29) is 11.7 Å². The molecule has 0 aliphatic carbocycles. The maximum atomic E-state index is 12.9. The molecule has 144 valence electrons. The number of halogens is 1. The fourth-order valence-corrected chi connectivity index (χ4v) is 3.65. The van der Waals surface area contributed by atoms with Crippen molar-refractivity contribution in [3.05, 3.63) is 89.6 Å². The van der Waals surface area contributed by atoms with E-state index in [2.05, 4.69) is 15.3 Å². The van der Waals surface area contributed by atoms with Gasteiger partial charge in [0.15, 0.2) is 0 Å². The van der Waals surface area contributed by atoms with E-state index in [1.165, 1.54) is 12.1 Å². The lowest BCUT2D eigenvalue weighted by molar-refractivity contribution is 0.0950. The normalized spacial score (nSPS) is 10.6. The molecule has 0 aliphatic rings. The monoisotopic (exact) mass is 395 g/mol. The molecule has 6 heteroatoms. The van der Waals surface area contributed by atoms with Crippen molar-refractivity contribution < 1.29 is 9.18 Å². The van der Waals surface area contributed by atoms with Gasteiger partial charge in [0.05, 0.1) is 5.56 Å². The Kier molecular flexibility index (Phi) is 7.55. The van der Waals surface area contributed by atoms with Gasteiger partial charge in [-0.2, -0.15) is 0 Å². The van der Waals surface area contributed by atoms with Crippen molar-refractivity contribution in [2.75, 3.05) is 12.3 Å². The van der Waals surface area contributed by atoms with Crippen LogP contribution in [0.4, 0.5) is 4.39 Å². The van der Waals surface area contributed by atoms with Crippen LogP contribution in [0.3, 0.4) is 0 Å². The minimum Gasteiger partial charge on any atom is -0.352 e. The maximum absolute atomic E-state index is 12.9. The molecule has 2 heterocycles. The molecule has 0 radical (unpaired) electrons. The summed E-state index contributed by atoms with van der Waals surface area (Å²) < 4.78 is 12.9. The topological polar surface area (TPSA) is 54.9 Å². The summed E-state index contributed by atoms with van der Waals surface area (Å²) in [5.41, 5.74) is 2.65. The number of rotatable bonds is 9. The van der Waals surface area contributed by atoms with Crippen molar-refractivity contribution in [3.63, 3.8) is 0 Å². The van der Waals surface area contributed by atoms with Crippen LogP contribution in [-0.4, -0.2) is 28.2 Å². The van der Waals surface area contributed by atoms with E-state index in [1.54, 1.807) is 48.4 Å². The highest BCUT2D eigenvalue weighted by atomic mass is 32.2. The molecule has 0 aliphatic heterocycles. The lowest BCUT2D eigenvalue weighted by atomic mass is 10.1. The molecule has 0 fully saturated rings. The first-order valence-corrected chi connectivity index (χ1v) is 10.2. The molecule has 0 bridgehead atoms. The quantitative estimate of drug-likeness (QED) is 0.433. The molecule has 4 nitrogen and oxygen atoms in total. The van der Waals surface area contributed by atoms with E-state index >= 15 is 0 Å². The average Bonchev–Trinajstić information content (AvgIpc) is 2.73. The summed E-state index contributed by atoms with van der Waals surface area (Å²) in [5, 5.41) is 3.67. The largest absolute Gasteiger partial charge is 0.352 e. The number of nitrogens with one attached hydrogen (secondary N) is 1. The SMILES string of the molecule is O=C(NCCc1ccccn1)c1cccnc1SCCCc1ccc(F)cc1. The Hall–Kier alpha value is -2.73. The van der Waals surface area contributed by atoms with Gasteiger partial charge in [-0.25, -0.2) is 9.37 Å². The highest BCUT2D eigenvalue weighted by molar-refractivity contribution is 7.99. The molecule has 1 N–H and O–H groups in total. The first-order chi connectivity index (χ1) is 13.7. The van der Waals surface area contributed by atoms with Crippen molar-refractivity contribution in [2.24, 2.45) is 0 Å². The molecule has 2 aromatic heterocycles. The second-order valence-electron chi connectivity index (χ2n) is 6.26. The van der Waals surface area contributed by atoms with Gasteiger partial charge < -0.3 is 5.32 Å². The number of hydrogen-bond acceptors (Lipinski definition) is 4. The third kappa shape index (κ3) is 6.16. The molecule has 0 saturated carbocycles. The summed E-state index contributed by atoms with van der Waals surface area (Å²) in [6.45, 7) is 0.527. The van der Waals surface area contributed by atoms with E-state index in [1.807, 2.05) is 18.2 Å². The molecule has 28 heavy (non-hydrogen) atoms. The van der Waals surface area contributed by atoms with Crippen LogP contribution in [0.1, 0.15) is 28.0 Å². The number of aromatic nitrogens is 2. The minimum absolute atomic E-state index is 0.120. The van der Waals surface area contributed by atoms with E-state index in [9.17, 15) is 9.18 Å². The smallest absolute Gasteiger partial charge is 0.254 e. The lowest BCUT2D eigenvalue weighted by Crippen LogP contribution is -2.26. The maximum Gasteiger partial charge on any atom is 0.254 e. The van der Waals surface area contributed by atoms with Gasteiger partial charge in [0, 0.05) is 31.1 Å². The number of carbonyl (C=O) groups is 1. The number of thioether (sulfide) groups is 1. The Bertz CT molecular complexity index is 888. The number of hydrogen-bond donors (Lipinski definition) is 1. The van der Waals surface area contributed by atoms with Gasteiger partial charge in [-0.15, -0.1) is 11.8 Å². The van der Waals surface area contributed by atoms with E-state index in [0.29, 0.717) is 18.5 Å².